The highest BCUT2D eigenvalue weighted by Gasteiger charge is 2.08. The Kier molecular flexibility index (Phi) is 3.24. The monoisotopic (exact) mass is 249 g/mol. The maximum atomic E-state index is 5.32. The Morgan fingerprint density at radius 1 is 1.22 bits per heavy atom. The molecule has 18 heavy (non-hydrogen) atoms. The fourth-order valence-corrected chi connectivity index (χ4v) is 1.28. The lowest BCUT2D eigenvalue weighted by Gasteiger charge is -2.12. The van der Waals surface area contributed by atoms with Gasteiger partial charge in [-0.05, 0) is 0 Å². The zero-order chi connectivity index (χ0) is 13.1. The Balaban J connectivity index is 2.29. The van der Waals surface area contributed by atoms with Crippen LogP contribution in [-0.2, 0) is 7.05 Å². The first-order valence-electron chi connectivity index (χ1n) is 5.25. The molecule has 2 aromatic heterocycles. The summed E-state index contributed by atoms with van der Waals surface area (Å²) in [5.41, 5.74) is 2.40. The number of nitrogens with zero attached hydrogens (tertiary/aromatic N) is 6. The Bertz CT molecular complexity index is 533. The van der Waals surface area contributed by atoms with Crippen molar-refractivity contribution in [3.63, 3.8) is 0 Å². The van der Waals surface area contributed by atoms with Gasteiger partial charge >= 0.3 is 0 Å². The van der Waals surface area contributed by atoms with Crippen molar-refractivity contribution in [3.8, 4) is 0 Å². The number of nitrogen functional groups attached to an aromatic ring is 1. The topological polar surface area (TPSA) is 110 Å². The highest BCUT2D eigenvalue weighted by molar-refractivity contribution is 5.51. The second-order valence-corrected chi connectivity index (χ2v) is 3.82. The fourth-order valence-electron chi connectivity index (χ4n) is 1.28. The van der Waals surface area contributed by atoms with Crippen LogP contribution in [0.2, 0.25) is 0 Å². The molecular weight excluding hydrogens is 234 g/mol. The Hall–Kier alpha value is -2.42. The van der Waals surface area contributed by atoms with Crippen LogP contribution >= 0.6 is 0 Å². The highest BCUT2D eigenvalue weighted by atomic mass is 15.4. The van der Waals surface area contributed by atoms with Crippen LogP contribution in [0.5, 0.6) is 0 Å². The molecule has 96 valence electrons. The minimum absolute atomic E-state index is 0.284. The number of aromatic nitrogens is 5. The number of aryl methyl sites for hydroxylation is 1. The molecule has 0 bridgehead atoms. The number of hydrogen-bond donors (Lipinski definition) is 3. The minimum atomic E-state index is 0.284. The molecule has 0 saturated carbocycles. The summed E-state index contributed by atoms with van der Waals surface area (Å²) in [6.45, 7) is 0. The summed E-state index contributed by atoms with van der Waals surface area (Å²) in [6, 6.07) is 1.81. The molecule has 0 radical (unpaired) electrons. The summed E-state index contributed by atoms with van der Waals surface area (Å²) in [4.78, 5) is 14.2. The van der Waals surface area contributed by atoms with E-state index in [4.69, 9.17) is 5.84 Å². The van der Waals surface area contributed by atoms with Crippen molar-refractivity contribution in [1.29, 1.82) is 0 Å². The van der Waals surface area contributed by atoms with Crippen molar-refractivity contribution >= 4 is 23.7 Å². The normalized spacial score (nSPS) is 10.2. The highest BCUT2D eigenvalue weighted by Crippen LogP contribution is 2.14. The van der Waals surface area contributed by atoms with E-state index in [0.29, 0.717) is 17.7 Å². The van der Waals surface area contributed by atoms with Crippen molar-refractivity contribution in [2.24, 2.45) is 12.9 Å². The standard InChI is InChI=1S/C9H15N9/c1-17(2)9-13-7(12-8(14-9)15-10)11-6-4-5-18(3)16-6/h4-5H,10H2,1-3H3,(H2,11,12,13,14,15,16). The Morgan fingerprint density at radius 2 is 1.94 bits per heavy atom. The zero-order valence-corrected chi connectivity index (χ0v) is 10.4. The van der Waals surface area contributed by atoms with Crippen molar-refractivity contribution in [2.45, 2.75) is 0 Å². The van der Waals surface area contributed by atoms with Gasteiger partial charge in [0.05, 0.1) is 0 Å². The van der Waals surface area contributed by atoms with E-state index in [-0.39, 0.29) is 5.95 Å². The molecule has 9 heteroatoms. The SMILES string of the molecule is CN(C)c1nc(NN)nc(Nc2ccn(C)n2)n1. The number of hydrazine groups is 1. The van der Waals surface area contributed by atoms with Gasteiger partial charge in [0.15, 0.2) is 5.82 Å². The number of nitrogens with two attached hydrogens (primary N) is 1. The van der Waals surface area contributed by atoms with Gasteiger partial charge < -0.3 is 10.2 Å². The van der Waals surface area contributed by atoms with Gasteiger partial charge in [-0.3, -0.25) is 10.1 Å². The number of nitrogens with one attached hydrogen (secondary N) is 2. The lowest BCUT2D eigenvalue weighted by molar-refractivity contribution is 0.770. The molecule has 0 aliphatic heterocycles. The minimum Gasteiger partial charge on any atom is -0.347 e. The average Bonchev–Trinajstić information content (AvgIpc) is 2.74. The number of hydrogen-bond acceptors (Lipinski definition) is 8. The quantitative estimate of drug-likeness (QED) is 0.500. The molecule has 9 nitrogen and oxygen atoms in total. The fraction of sp³-hybridized carbons (Fsp3) is 0.333. The van der Waals surface area contributed by atoms with Gasteiger partial charge in [0.2, 0.25) is 17.8 Å². The summed E-state index contributed by atoms with van der Waals surface area (Å²) in [5, 5.41) is 7.15. The van der Waals surface area contributed by atoms with Crippen LogP contribution in [0.4, 0.5) is 23.7 Å². The molecule has 2 heterocycles. The van der Waals surface area contributed by atoms with E-state index in [1.165, 1.54) is 0 Å². The van der Waals surface area contributed by atoms with Gasteiger partial charge in [-0.25, -0.2) is 5.84 Å². The average molecular weight is 249 g/mol. The van der Waals surface area contributed by atoms with Crippen molar-refractivity contribution in [2.75, 3.05) is 29.7 Å². The molecule has 0 amide bonds. The maximum absolute atomic E-state index is 5.32. The second-order valence-electron chi connectivity index (χ2n) is 3.82. The second kappa shape index (κ2) is 4.84. The molecule has 2 aromatic rings. The molecule has 0 spiro atoms. The van der Waals surface area contributed by atoms with Crippen LogP contribution in [0.3, 0.4) is 0 Å². The maximum Gasteiger partial charge on any atom is 0.243 e. The van der Waals surface area contributed by atoms with E-state index < -0.39 is 0 Å². The van der Waals surface area contributed by atoms with Crippen molar-refractivity contribution < 1.29 is 0 Å². The van der Waals surface area contributed by atoms with Crippen LogP contribution < -0.4 is 21.5 Å². The van der Waals surface area contributed by atoms with Crippen molar-refractivity contribution in [1.82, 2.24) is 24.7 Å². The van der Waals surface area contributed by atoms with Crippen LogP contribution in [0.15, 0.2) is 12.3 Å². The van der Waals surface area contributed by atoms with Gasteiger partial charge in [-0.1, -0.05) is 0 Å². The van der Waals surface area contributed by atoms with Crippen LogP contribution in [0.25, 0.3) is 0 Å². The predicted molar refractivity (Wildman–Crippen MR) is 68.5 cm³/mol. The summed E-state index contributed by atoms with van der Waals surface area (Å²) >= 11 is 0. The van der Waals surface area contributed by atoms with Crippen LogP contribution in [-0.4, -0.2) is 38.8 Å². The van der Waals surface area contributed by atoms with E-state index in [1.54, 1.807) is 9.58 Å². The Morgan fingerprint density at radius 3 is 2.50 bits per heavy atom. The smallest absolute Gasteiger partial charge is 0.243 e. The molecule has 2 rings (SSSR count). The summed E-state index contributed by atoms with van der Waals surface area (Å²) in [7, 11) is 5.50. The first-order chi connectivity index (χ1) is 8.58. The number of anilines is 4. The lowest BCUT2D eigenvalue weighted by Crippen LogP contribution is -2.18. The third kappa shape index (κ3) is 2.63. The number of rotatable bonds is 4. The van der Waals surface area contributed by atoms with E-state index in [2.05, 4.69) is 30.8 Å². The lowest BCUT2D eigenvalue weighted by atomic mass is 10.6. The predicted octanol–water partition coefficient (Wildman–Crippen LogP) is -0.300. The summed E-state index contributed by atoms with van der Waals surface area (Å²) in [6.07, 6.45) is 1.82. The van der Waals surface area contributed by atoms with Gasteiger partial charge in [-0.15, -0.1) is 0 Å². The third-order valence-corrected chi connectivity index (χ3v) is 2.11. The zero-order valence-electron chi connectivity index (χ0n) is 10.4. The molecule has 4 N–H and O–H groups in total. The summed E-state index contributed by atoms with van der Waals surface area (Å²) in [5.74, 6) is 7.12. The van der Waals surface area contributed by atoms with Gasteiger partial charge in [0.25, 0.3) is 0 Å². The molecule has 0 atom stereocenters. The molecule has 0 aliphatic rings. The first kappa shape index (κ1) is 12.0. The largest absolute Gasteiger partial charge is 0.347 e. The van der Waals surface area contributed by atoms with Crippen molar-refractivity contribution in [3.05, 3.63) is 12.3 Å². The molecule has 0 saturated heterocycles. The van der Waals surface area contributed by atoms with E-state index >= 15 is 0 Å². The third-order valence-electron chi connectivity index (χ3n) is 2.11. The Labute approximate surface area is 104 Å². The van der Waals surface area contributed by atoms with Crippen LogP contribution in [0, 0.1) is 0 Å². The van der Waals surface area contributed by atoms with Crippen LogP contribution in [0.1, 0.15) is 0 Å². The molecule has 0 unspecified atom stereocenters. The van der Waals surface area contributed by atoms with Gasteiger partial charge in [0.1, 0.15) is 0 Å². The molecule has 0 aliphatic carbocycles. The summed E-state index contributed by atoms with van der Waals surface area (Å²) < 4.78 is 1.68. The molecule has 0 fully saturated rings. The van der Waals surface area contributed by atoms with E-state index in [9.17, 15) is 0 Å². The first-order valence-corrected chi connectivity index (χ1v) is 5.25. The van der Waals surface area contributed by atoms with E-state index in [0.717, 1.165) is 0 Å². The van der Waals surface area contributed by atoms with Gasteiger partial charge in [-0.2, -0.15) is 20.1 Å². The molecule has 0 aromatic carbocycles. The van der Waals surface area contributed by atoms with Gasteiger partial charge in [0, 0.05) is 33.4 Å². The van der Waals surface area contributed by atoms with E-state index in [1.807, 2.05) is 33.4 Å². The molecular formula is C9H15N9.